The summed E-state index contributed by atoms with van der Waals surface area (Å²) in [7, 11) is 0. The molecule has 0 bridgehead atoms. The van der Waals surface area contributed by atoms with Gasteiger partial charge in [0.2, 0.25) is 0 Å². The monoisotopic (exact) mass is 302 g/mol. The number of hydrogen-bond acceptors (Lipinski definition) is 3. The molecule has 0 saturated heterocycles. The minimum atomic E-state index is -0.456. The average Bonchev–Trinajstić information content (AvgIpc) is 2.47. The normalized spacial score (nSPS) is 20.5. The van der Waals surface area contributed by atoms with Crippen molar-refractivity contribution in [3.63, 3.8) is 0 Å². The molecular weight excluding hydrogens is 288 g/mol. The molecule has 0 aliphatic carbocycles. The molecule has 1 aliphatic rings. The second kappa shape index (κ2) is 5.41. The van der Waals surface area contributed by atoms with Crippen LogP contribution in [0.1, 0.15) is 26.9 Å². The number of aryl methyl sites for hydroxylation is 1. The Labute approximate surface area is 128 Å². The molecule has 1 aliphatic heterocycles. The van der Waals surface area contributed by atoms with E-state index < -0.39 is 11.3 Å². The summed E-state index contributed by atoms with van der Waals surface area (Å²) in [5.74, 6) is 0.229. The van der Waals surface area contributed by atoms with Gasteiger partial charge in [-0.05, 0) is 19.1 Å². The number of phenols is 1. The van der Waals surface area contributed by atoms with Crippen LogP contribution in [-0.4, -0.2) is 17.5 Å². The summed E-state index contributed by atoms with van der Waals surface area (Å²) in [5, 5.41) is 9.01. The minimum Gasteiger partial charge on any atom is -0.508 e. The maximum Gasteiger partial charge on any atom is 0.171 e. The molecule has 2 atom stereocenters. The van der Waals surface area contributed by atoms with E-state index in [2.05, 4.69) is 0 Å². The van der Waals surface area contributed by atoms with Crippen molar-refractivity contribution >= 4 is 17.4 Å². The molecule has 0 radical (unpaired) electrons. The Morgan fingerprint density at radius 2 is 2.10 bits per heavy atom. The molecule has 1 N–H and O–H groups in total. The average molecular weight is 303 g/mol. The lowest BCUT2D eigenvalue weighted by Crippen LogP contribution is -2.30. The van der Waals surface area contributed by atoms with Crippen LogP contribution in [0.4, 0.5) is 0 Å². The number of Topliss-reactive ketones (excluding diaryl/α,β-unsaturated/α-hetero) is 1. The van der Waals surface area contributed by atoms with Gasteiger partial charge in [0.15, 0.2) is 5.78 Å². The first-order valence-corrected chi connectivity index (χ1v) is 7.20. The Morgan fingerprint density at radius 3 is 2.86 bits per heavy atom. The minimum absolute atomic E-state index is 0.0163. The highest BCUT2D eigenvalue weighted by molar-refractivity contribution is 6.23. The number of ether oxygens (including phenoxy) is 1. The molecule has 2 unspecified atom stereocenters. The van der Waals surface area contributed by atoms with Crippen molar-refractivity contribution in [3.05, 3.63) is 59.2 Å². The van der Waals surface area contributed by atoms with Crippen LogP contribution in [0.3, 0.4) is 0 Å². The van der Waals surface area contributed by atoms with E-state index in [0.29, 0.717) is 11.3 Å². The number of benzene rings is 2. The third-order valence-electron chi connectivity index (χ3n) is 3.71. The zero-order chi connectivity index (χ0) is 15.0. The molecule has 108 valence electrons. The summed E-state index contributed by atoms with van der Waals surface area (Å²) in [5.41, 5.74) is 2.43. The Hall–Kier alpha value is -2.00. The number of carbonyl (C=O) groups excluding carboxylic acids is 1. The van der Waals surface area contributed by atoms with Gasteiger partial charge in [-0.1, -0.05) is 29.8 Å². The third kappa shape index (κ3) is 2.61. The molecule has 0 saturated carbocycles. The molecule has 0 amide bonds. The Kier molecular flexibility index (Phi) is 3.60. The molecule has 21 heavy (non-hydrogen) atoms. The van der Waals surface area contributed by atoms with E-state index in [1.807, 2.05) is 25.1 Å². The Balaban J connectivity index is 1.91. The molecular formula is C17H15ClO3. The Morgan fingerprint density at radius 1 is 1.29 bits per heavy atom. The van der Waals surface area contributed by atoms with Gasteiger partial charge >= 0.3 is 0 Å². The second-order valence-corrected chi connectivity index (χ2v) is 5.75. The fraction of sp³-hybridized carbons (Fsp3) is 0.235. The maximum absolute atomic E-state index is 12.6. The first-order valence-electron chi connectivity index (χ1n) is 6.77. The van der Waals surface area contributed by atoms with Crippen LogP contribution in [0.5, 0.6) is 11.5 Å². The van der Waals surface area contributed by atoms with E-state index in [9.17, 15) is 9.90 Å². The van der Waals surface area contributed by atoms with E-state index in [4.69, 9.17) is 16.3 Å². The zero-order valence-electron chi connectivity index (χ0n) is 11.5. The van der Waals surface area contributed by atoms with Crippen LogP contribution in [-0.2, 0) is 0 Å². The third-order valence-corrected chi connectivity index (χ3v) is 4.24. The van der Waals surface area contributed by atoms with E-state index >= 15 is 0 Å². The number of aromatic hydroxyl groups is 1. The summed E-state index contributed by atoms with van der Waals surface area (Å²) in [6, 6.07) is 12.3. The first kappa shape index (κ1) is 14.0. The number of carbonyl (C=O) groups is 1. The van der Waals surface area contributed by atoms with Crippen molar-refractivity contribution in [3.8, 4) is 11.5 Å². The quantitative estimate of drug-likeness (QED) is 0.676. The first-order chi connectivity index (χ1) is 10.1. The van der Waals surface area contributed by atoms with Crippen LogP contribution in [0, 0.1) is 12.8 Å². The summed E-state index contributed by atoms with van der Waals surface area (Å²) in [6.45, 7) is 2.17. The van der Waals surface area contributed by atoms with Crippen LogP contribution < -0.4 is 4.74 Å². The highest BCUT2D eigenvalue weighted by Gasteiger charge is 2.35. The summed E-state index contributed by atoms with van der Waals surface area (Å²) < 4.78 is 5.59. The van der Waals surface area contributed by atoms with Crippen molar-refractivity contribution in [2.45, 2.75) is 12.3 Å². The van der Waals surface area contributed by atoms with Gasteiger partial charge < -0.3 is 9.84 Å². The smallest absolute Gasteiger partial charge is 0.171 e. The fourth-order valence-electron chi connectivity index (χ4n) is 2.58. The molecule has 4 heteroatoms. The number of halogens is 1. The standard InChI is InChI=1S/C17H15ClO3/c1-10-3-2-4-11(7-10)17(20)14-9-21-15-8-12(19)5-6-13(15)16(14)18/h2-8,14,16,19H,9H2,1H3. The van der Waals surface area contributed by atoms with Gasteiger partial charge in [-0.3, -0.25) is 4.79 Å². The largest absolute Gasteiger partial charge is 0.508 e. The van der Waals surface area contributed by atoms with Gasteiger partial charge in [-0.15, -0.1) is 11.6 Å². The van der Waals surface area contributed by atoms with Crippen molar-refractivity contribution in [2.24, 2.45) is 5.92 Å². The number of rotatable bonds is 2. The van der Waals surface area contributed by atoms with Crippen LogP contribution in [0.15, 0.2) is 42.5 Å². The molecule has 0 aromatic heterocycles. The zero-order valence-corrected chi connectivity index (χ0v) is 12.3. The molecule has 2 aromatic carbocycles. The van der Waals surface area contributed by atoms with Gasteiger partial charge in [-0.25, -0.2) is 0 Å². The number of hydrogen-bond donors (Lipinski definition) is 1. The lowest BCUT2D eigenvalue weighted by molar-refractivity contribution is 0.0849. The Bertz CT molecular complexity index is 696. The van der Waals surface area contributed by atoms with E-state index in [-0.39, 0.29) is 18.1 Å². The highest BCUT2D eigenvalue weighted by atomic mass is 35.5. The molecule has 3 nitrogen and oxygen atoms in total. The summed E-state index contributed by atoms with van der Waals surface area (Å²) in [4.78, 5) is 12.6. The van der Waals surface area contributed by atoms with Crippen molar-refractivity contribution in [2.75, 3.05) is 6.61 Å². The summed E-state index contributed by atoms with van der Waals surface area (Å²) in [6.07, 6.45) is 0. The lowest BCUT2D eigenvalue weighted by Gasteiger charge is -2.29. The van der Waals surface area contributed by atoms with Gasteiger partial charge in [0.1, 0.15) is 18.1 Å². The van der Waals surface area contributed by atoms with E-state index in [1.165, 1.54) is 6.07 Å². The van der Waals surface area contributed by atoms with Gasteiger partial charge in [-0.2, -0.15) is 0 Å². The maximum atomic E-state index is 12.6. The van der Waals surface area contributed by atoms with E-state index in [1.54, 1.807) is 18.2 Å². The van der Waals surface area contributed by atoms with Gasteiger partial charge in [0.05, 0.1) is 11.3 Å². The second-order valence-electron chi connectivity index (χ2n) is 5.28. The number of ketones is 1. The molecule has 1 heterocycles. The van der Waals surface area contributed by atoms with E-state index in [0.717, 1.165) is 11.1 Å². The van der Waals surface area contributed by atoms with Gasteiger partial charge in [0.25, 0.3) is 0 Å². The number of phenolic OH excluding ortho intramolecular Hbond substituents is 1. The van der Waals surface area contributed by atoms with Crippen molar-refractivity contribution < 1.29 is 14.6 Å². The van der Waals surface area contributed by atoms with Gasteiger partial charge in [0, 0.05) is 17.2 Å². The van der Waals surface area contributed by atoms with Crippen LogP contribution >= 0.6 is 11.6 Å². The predicted octanol–water partition coefficient (Wildman–Crippen LogP) is 3.87. The number of fused-ring (bicyclic) bond motifs is 1. The molecule has 3 rings (SSSR count). The SMILES string of the molecule is Cc1cccc(C(=O)C2COc3cc(O)ccc3C2Cl)c1. The number of alkyl halides is 1. The topological polar surface area (TPSA) is 46.5 Å². The molecule has 0 spiro atoms. The van der Waals surface area contributed by atoms with Crippen LogP contribution in [0.2, 0.25) is 0 Å². The predicted molar refractivity (Wildman–Crippen MR) is 81.2 cm³/mol. The van der Waals surface area contributed by atoms with Crippen LogP contribution in [0.25, 0.3) is 0 Å². The summed E-state index contributed by atoms with van der Waals surface area (Å²) >= 11 is 6.47. The molecule has 0 fully saturated rings. The van der Waals surface area contributed by atoms with Crippen molar-refractivity contribution in [1.29, 1.82) is 0 Å². The fourth-order valence-corrected chi connectivity index (χ4v) is 2.95. The van der Waals surface area contributed by atoms with Crippen molar-refractivity contribution in [1.82, 2.24) is 0 Å². The lowest BCUT2D eigenvalue weighted by atomic mass is 9.89. The highest BCUT2D eigenvalue weighted by Crippen LogP contribution is 2.42. The molecule has 2 aromatic rings.